The minimum Gasteiger partial charge on any atom is -0.482 e. The van der Waals surface area contributed by atoms with E-state index < -0.39 is 54.2 Å². The zero-order valence-corrected chi connectivity index (χ0v) is 34.6. The van der Waals surface area contributed by atoms with Crippen molar-refractivity contribution in [2.75, 3.05) is 19.8 Å². The Kier molecular flexibility index (Phi) is 10.7. The van der Waals surface area contributed by atoms with E-state index >= 15 is 0 Å². The van der Waals surface area contributed by atoms with Gasteiger partial charge in [-0.25, -0.2) is 9.78 Å². The molecule has 6 aromatic rings. The largest absolute Gasteiger partial charge is 0.482 e. The summed E-state index contributed by atoms with van der Waals surface area (Å²) in [6.45, 7) is 4.42. The van der Waals surface area contributed by atoms with Gasteiger partial charge < -0.3 is 59.1 Å². The average Bonchev–Trinajstić information content (AvgIpc) is 4.10. The van der Waals surface area contributed by atoms with Crippen LogP contribution < -0.4 is 15.5 Å². The predicted molar refractivity (Wildman–Crippen MR) is 224 cm³/mol. The maximum absolute atomic E-state index is 13.7. The van der Waals surface area contributed by atoms with Gasteiger partial charge >= 0.3 is 0 Å². The lowest BCUT2D eigenvalue weighted by atomic mass is 9.72. The third kappa shape index (κ3) is 6.88. The Balaban J connectivity index is 1.07. The molecule has 16 heteroatoms. The van der Waals surface area contributed by atoms with Gasteiger partial charge in [-0.2, -0.15) is 0 Å². The van der Waals surface area contributed by atoms with Gasteiger partial charge in [-0.3, -0.25) is 9.59 Å². The van der Waals surface area contributed by atoms with Gasteiger partial charge in [0.25, 0.3) is 0 Å². The summed E-state index contributed by atoms with van der Waals surface area (Å²) in [6.07, 6.45) is 6.43. The summed E-state index contributed by atoms with van der Waals surface area (Å²) in [5, 5.41) is 59.4. The van der Waals surface area contributed by atoms with Gasteiger partial charge in [0.2, 0.25) is 5.91 Å². The van der Waals surface area contributed by atoms with E-state index in [2.05, 4.69) is 22.2 Å². The van der Waals surface area contributed by atoms with Crippen LogP contribution in [0.4, 0.5) is 0 Å². The van der Waals surface area contributed by atoms with E-state index in [1.807, 2.05) is 30.0 Å². The monoisotopic (exact) mass is 841 g/mol. The summed E-state index contributed by atoms with van der Waals surface area (Å²) in [5.41, 5.74) is 0.810. The molecule has 7 heterocycles. The molecular weight excluding hydrogens is 787 g/mol. The van der Waals surface area contributed by atoms with Gasteiger partial charge in [-0.05, 0) is 76.1 Å². The Morgan fingerprint density at radius 1 is 1.05 bits per heavy atom. The van der Waals surface area contributed by atoms with Gasteiger partial charge in [0.05, 0.1) is 40.5 Å². The van der Waals surface area contributed by atoms with Crippen LogP contribution >= 0.6 is 0 Å². The molecule has 7 atom stereocenters. The first-order valence-corrected chi connectivity index (χ1v) is 21.3. The SMILES string of the molecule is CCc1c2cc[nH]c2cn1-c1c2c(cc3c(=O)cc(C)oc13)C[C@@H](OOC[C@H](O)[C@](O)(Cn1ccc3[nH]ccc31)[C@H](O)[C@H](O)CO)[C@@](C)(CC[C@H]1CNC(=O)C13CCCC3)O2. The smallest absolute Gasteiger partial charge is 0.226 e. The average molecular weight is 842 g/mol. The molecule has 2 fully saturated rings. The topological polar surface area (TPSA) is 230 Å². The minimum absolute atomic E-state index is 0.0658. The fourth-order valence-electron chi connectivity index (χ4n) is 10.4. The summed E-state index contributed by atoms with van der Waals surface area (Å²) in [4.78, 5) is 45.4. The molecule has 8 N–H and O–H groups in total. The number of ether oxygens (including phenoxy) is 1. The van der Waals surface area contributed by atoms with E-state index in [1.165, 1.54) is 6.07 Å². The highest BCUT2D eigenvalue weighted by molar-refractivity contribution is 5.92. The molecule has 1 spiro atoms. The molecule has 0 radical (unpaired) electrons. The molecule has 9 rings (SSSR count). The van der Waals surface area contributed by atoms with Crippen LogP contribution in [0.3, 0.4) is 0 Å². The van der Waals surface area contributed by atoms with E-state index in [-0.39, 0.29) is 30.2 Å². The minimum atomic E-state index is -2.41. The molecule has 326 valence electrons. The van der Waals surface area contributed by atoms with Crippen LogP contribution in [0.15, 0.2) is 64.3 Å². The van der Waals surface area contributed by atoms with Crippen LogP contribution in [0.2, 0.25) is 0 Å². The Hall–Kier alpha value is -4.94. The third-order valence-electron chi connectivity index (χ3n) is 14.0. The fraction of sp³-hybridized carbons (Fsp3) is 0.511. The number of rotatable bonds is 15. The molecule has 1 saturated heterocycles. The molecular formula is C45H55N5O11. The van der Waals surface area contributed by atoms with Crippen LogP contribution in [0.25, 0.3) is 38.6 Å². The number of amides is 1. The van der Waals surface area contributed by atoms with Crippen molar-refractivity contribution >= 4 is 38.8 Å². The first-order valence-electron chi connectivity index (χ1n) is 21.3. The van der Waals surface area contributed by atoms with Crippen LogP contribution in [-0.2, 0) is 34.0 Å². The Bertz CT molecular complexity index is 2630. The Morgan fingerprint density at radius 3 is 2.59 bits per heavy atom. The van der Waals surface area contributed by atoms with Crippen molar-refractivity contribution < 1.29 is 49.3 Å². The van der Waals surface area contributed by atoms with Crippen molar-refractivity contribution in [3.63, 3.8) is 0 Å². The summed E-state index contributed by atoms with van der Waals surface area (Å²) in [6, 6.07) is 8.78. The summed E-state index contributed by atoms with van der Waals surface area (Å²) in [7, 11) is 0. The number of hydrogen-bond acceptors (Lipinski definition) is 11. The summed E-state index contributed by atoms with van der Waals surface area (Å²) in [5.74, 6) is 1.14. The van der Waals surface area contributed by atoms with Crippen molar-refractivity contribution in [3.8, 4) is 11.4 Å². The maximum atomic E-state index is 13.7. The number of hydrogen-bond donors (Lipinski definition) is 8. The molecule has 16 nitrogen and oxygen atoms in total. The standard InChI is InChI=1S/C45H55N5O11/c1-4-32-28-8-14-47-31(28)21-50(32)38-39-26(18-29-34(52)17-25(2)59-40(29)38)19-37(43(3,60-39)13-7-27-20-48-42(56)44(27)11-5-6-12-44)61-58-23-36(54)45(57,41(55)35(53)22-51)24-49-16-10-30-33(49)9-15-46-30/h8-10,14-18,21,27,35-37,41,46-47,51,53-55,57H,4-7,11-13,19-20,22-24H2,1-3H3,(H,48,56)/t27-,35+,36-,37+,41+,43+,45+/m0/s1. The number of aryl methyl sites for hydroxylation is 2. The summed E-state index contributed by atoms with van der Waals surface area (Å²) >= 11 is 0. The quantitative estimate of drug-likeness (QED) is 0.0548. The second kappa shape index (κ2) is 15.8. The number of aromatic nitrogens is 4. The highest BCUT2D eigenvalue weighted by Crippen LogP contribution is 2.51. The van der Waals surface area contributed by atoms with Crippen molar-refractivity contribution in [3.05, 3.63) is 82.4 Å². The molecule has 5 aromatic heterocycles. The van der Waals surface area contributed by atoms with Gasteiger partial charge in [-0.15, -0.1) is 0 Å². The van der Waals surface area contributed by atoms with E-state index in [4.69, 9.17) is 18.9 Å². The normalized spacial score (nSPS) is 23.7. The van der Waals surface area contributed by atoms with Gasteiger partial charge in [0.15, 0.2) is 16.8 Å². The third-order valence-corrected chi connectivity index (χ3v) is 14.0. The molecule has 1 aliphatic carbocycles. The van der Waals surface area contributed by atoms with E-state index in [0.29, 0.717) is 65.1 Å². The first kappa shape index (κ1) is 41.4. The highest BCUT2D eigenvalue weighted by Gasteiger charge is 2.53. The van der Waals surface area contributed by atoms with Crippen LogP contribution in [0, 0.1) is 18.3 Å². The second-order valence-electron chi connectivity index (χ2n) is 17.6. The number of carbonyl (C=O) groups is 1. The Morgan fingerprint density at radius 2 is 1.82 bits per heavy atom. The van der Waals surface area contributed by atoms with Crippen molar-refractivity contribution in [2.24, 2.45) is 11.3 Å². The second-order valence-corrected chi connectivity index (χ2v) is 17.6. The zero-order valence-electron chi connectivity index (χ0n) is 34.6. The van der Waals surface area contributed by atoms with Crippen LogP contribution in [0.1, 0.15) is 69.4 Å². The number of benzene rings is 1. The number of aliphatic hydroxyl groups is 5. The first-order chi connectivity index (χ1) is 29.3. The molecule has 1 aromatic carbocycles. The van der Waals surface area contributed by atoms with Crippen LogP contribution in [0.5, 0.6) is 5.75 Å². The number of H-pyrrole nitrogens is 2. The molecule has 61 heavy (non-hydrogen) atoms. The van der Waals surface area contributed by atoms with E-state index in [1.54, 1.807) is 42.1 Å². The Labute approximate surface area is 351 Å². The lowest BCUT2D eigenvalue weighted by Crippen LogP contribution is -2.61. The van der Waals surface area contributed by atoms with Gasteiger partial charge in [0.1, 0.15) is 53.7 Å². The van der Waals surface area contributed by atoms with Crippen LogP contribution in [-0.4, -0.2) is 106 Å². The number of nitrogens with zero attached hydrogens (tertiary/aromatic N) is 2. The number of fused-ring (bicyclic) bond motifs is 4. The van der Waals surface area contributed by atoms with E-state index in [0.717, 1.165) is 47.8 Å². The van der Waals surface area contributed by atoms with Crippen molar-refractivity contribution in [1.29, 1.82) is 0 Å². The predicted octanol–water partition coefficient (Wildman–Crippen LogP) is 3.82. The molecule has 3 aliphatic rings. The summed E-state index contributed by atoms with van der Waals surface area (Å²) < 4.78 is 17.2. The molecule has 1 amide bonds. The zero-order chi connectivity index (χ0) is 42.8. The molecule has 1 saturated carbocycles. The fourth-order valence-corrected chi connectivity index (χ4v) is 10.4. The molecule has 2 aliphatic heterocycles. The maximum Gasteiger partial charge on any atom is 0.226 e. The molecule has 0 unspecified atom stereocenters. The number of aliphatic hydroxyl groups excluding tert-OH is 4. The van der Waals surface area contributed by atoms with Crippen molar-refractivity contribution in [2.45, 2.75) is 114 Å². The molecule has 0 bridgehead atoms. The van der Waals surface area contributed by atoms with Gasteiger partial charge in [-0.1, -0.05) is 19.8 Å². The highest BCUT2D eigenvalue weighted by atomic mass is 17.2. The van der Waals surface area contributed by atoms with Crippen molar-refractivity contribution in [1.82, 2.24) is 24.4 Å². The van der Waals surface area contributed by atoms with Gasteiger partial charge in [0, 0.05) is 60.5 Å². The number of nitrogens with one attached hydrogen (secondary N) is 3. The van der Waals surface area contributed by atoms with E-state index in [9.17, 15) is 35.1 Å². The lowest BCUT2D eigenvalue weighted by molar-refractivity contribution is -0.365. The lowest BCUT2D eigenvalue weighted by Gasteiger charge is -2.43. The number of carbonyl (C=O) groups excluding carboxylic acids is 1. The number of aromatic amines is 2.